The minimum Gasteiger partial charge on any atom is -0.481 e. The van der Waals surface area contributed by atoms with E-state index in [0.717, 1.165) is 6.42 Å². The number of sulfone groups is 1. The van der Waals surface area contributed by atoms with E-state index >= 15 is 0 Å². The average Bonchev–Trinajstić information content (AvgIpc) is 2.11. The summed E-state index contributed by atoms with van der Waals surface area (Å²) in [5.41, 5.74) is 0. The van der Waals surface area contributed by atoms with Crippen molar-refractivity contribution in [3.05, 3.63) is 0 Å². The fraction of sp³-hybridized carbons (Fsp3) is 0.900. The predicted molar refractivity (Wildman–Crippen MR) is 59.6 cm³/mol. The van der Waals surface area contributed by atoms with Gasteiger partial charge in [0, 0.05) is 6.42 Å². The number of rotatable bonds is 8. The molecule has 0 rings (SSSR count). The van der Waals surface area contributed by atoms with E-state index in [2.05, 4.69) is 0 Å². The van der Waals surface area contributed by atoms with Crippen molar-refractivity contribution < 1.29 is 18.3 Å². The average molecular weight is 236 g/mol. The van der Waals surface area contributed by atoms with Crippen LogP contribution in [0.15, 0.2) is 0 Å². The molecule has 0 amide bonds. The Balaban J connectivity index is 3.80. The Bertz CT molecular complexity index is 282. The normalized spacial score (nSPS) is 13.7. The standard InChI is InChI=1S/C10H20O4S/c1-3-9(2)8-15(13,14)7-5-4-6-10(11)12/h9H,3-8H2,1-2H3,(H,11,12). The second kappa shape index (κ2) is 6.82. The van der Waals surface area contributed by atoms with Crippen LogP contribution in [0, 0.1) is 5.92 Å². The number of hydrogen-bond donors (Lipinski definition) is 1. The lowest BCUT2D eigenvalue weighted by Gasteiger charge is -2.08. The maximum absolute atomic E-state index is 11.5. The van der Waals surface area contributed by atoms with Crippen molar-refractivity contribution in [3.8, 4) is 0 Å². The molecule has 0 aromatic rings. The highest BCUT2D eigenvalue weighted by Gasteiger charge is 2.14. The summed E-state index contributed by atoms with van der Waals surface area (Å²) in [4.78, 5) is 10.2. The summed E-state index contributed by atoms with van der Waals surface area (Å²) in [6.07, 6.45) is 1.80. The molecule has 0 aliphatic heterocycles. The summed E-state index contributed by atoms with van der Waals surface area (Å²) < 4.78 is 23.0. The van der Waals surface area contributed by atoms with Gasteiger partial charge in [0.05, 0.1) is 11.5 Å². The van der Waals surface area contributed by atoms with E-state index < -0.39 is 15.8 Å². The van der Waals surface area contributed by atoms with Crippen LogP contribution in [0.5, 0.6) is 0 Å². The first-order chi connectivity index (χ1) is 6.87. The van der Waals surface area contributed by atoms with Crippen LogP contribution in [0.3, 0.4) is 0 Å². The molecule has 0 bridgehead atoms. The van der Waals surface area contributed by atoms with E-state index in [1.165, 1.54) is 0 Å². The van der Waals surface area contributed by atoms with Gasteiger partial charge in [0.15, 0.2) is 9.84 Å². The zero-order chi connectivity index (χ0) is 11.9. The van der Waals surface area contributed by atoms with Crippen LogP contribution in [0.1, 0.15) is 39.5 Å². The maximum atomic E-state index is 11.5. The number of carboxylic acids is 1. The van der Waals surface area contributed by atoms with E-state index in [4.69, 9.17) is 5.11 Å². The Labute approximate surface area is 91.6 Å². The fourth-order valence-electron chi connectivity index (χ4n) is 1.23. The van der Waals surface area contributed by atoms with Gasteiger partial charge in [-0.05, 0) is 18.8 Å². The van der Waals surface area contributed by atoms with Gasteiger partial charge in [0.1, 0.15) is 0 Å². The van der Waals surface area contributed by atoms with Crippen molar-refractivity contribution in [2.24, 2.45) is 5.92 Å². The smallest absolute Gasteiger partial charge is 0.303 e. The highest BCUT2D eigenvalue weighted by molar-refractivity contribution is 7.91. The molecule has 90 valence electrons. The number of unbranched alkanes of at least 4 members (excludes halogenated alkanes) is 1. The molecule has 0 saturated heterocycles. The Morgan fingerprint density at radius 2 is 1.93 bits per heavy atom. The second-order valence-electron chi connectivity index (χ2n) is 3.98. The first-order valence-electron chi connectivity index (χ1n) is 5.29. The van der Waals surface area contributed by atoms with Gasteiger partial charge < -0.3 is 5.11 Å². The van der Waals surface area contributed by atoms with Gasteiger partial charge in [-0.25, -0.2) is 8.42 Å². The molecule has 0 spiro atoms. The maximum Gasteiger partial charge on any atom is 0.303 e. The van der Waals surface area contributed by atoms with Gasteiger partial charge in [-0.2, -0.15) is 0 Å². The SMILES string of the molecule is CCC(C)CS(=O)(=O)CCCCC(=O)O. The number of aliphatic carboxylic acids is 1. The Morgan fingerprint density at radius 1 is 1.33 bits per heavy atom. The lowest BCUT2D eigenvalue weighted by molar-refractivity contribution is -0.137. The van der Waals surface area contributed by atoms with Crippen molar-refractivity contribution in [2.45, 2.75) is 39.5 Å². The monoisotopic (exact) mass is 236 g/mol. The number of hydrogen-bond acceptors (Lipinski definition) is 3. The highest BCUT2D eigenvalue weighted by atomic mass is 32.2. The van der Waals surface area contributed by atoms with Crippen molar-refractivity contribution >= 4 is 15.8 Å². The number of carboxylic acid groups (broad SMARTS) is 1. The van der Waals surface area contributed by atoms with Gasteiger partial charge in [-0.3, -0.25) is 4.79 Å². The molecular weight excluding hydrogens is 216 g/mol. The molecule has 0 aliphatic carbocycles. The van der Waals surface area contributed by atoms with Gasteiger partial charge in [-0.1, -0.05) is 20.3 Å². The molecule has 4 nitrogen and oxygen atoms in total. The molecule has 0 heterocycles. The second-order valence-corrected chi connectivity index (χ2v) is 6.21. The van der Waals surface area contributed by atoms with Gasteiger partial charge in [0.2, 0.25) is 0 Å². The molecule has 0 aliphatic rings. The summed E-state index contributed by atoms with van der Waals surface area (Å²) in [6.45, 7) is 3.87. The highest BCUT2D eigenvalue weighted by Crippen LogP contribution is 2.08. The minimum absolute atomic E-state index is 0.0544. The van der Waals surface area contributed by atoms with Crippen molar-refractivity contribution in [3.63, 3.8) is 0 Å². The van der Waals surface area contributed by atoms with Crippen molar-refractivity contribution in [1.82, 2.24) is 0 Å². The summed E-state index contributed by atoms with van der Waals surface area (Å²) >= 11 is 0. The summed E-state index contributed by atoms with van der Waals surface area (Å²) in [7, 11) is -2.98. The van der Waals surface area contributed by atoms with Crippen molar-refractivity contribution in [2.75, 3.05) is 11.5 Å². The fourth-order valence-corrected chi connectivity index (χ4v) is 3.15. The predicted octanol–water partition coefficient (Wildman–Crippen LogP) is 1.70. The quantitative estimate of drug-likeness (QED) is 0.651. The molecule has 0 fully saturated rings. The summed E-state index contributed by atoms with van der Waals surface area (Å²) in [5, 5.41) is 8.38. The molecule has 15 heavy (non-hydrogen) atoms. The van der Waals surface area contributed by atoms with Crippen LogP contribution >= 0.6 is 0 Å². The van der Waals surface area contributed by atoms with Gasteiger partial charge in [-0.15, -0.1) is 0 Å². The van der Waals surface area contributed by atoms with Crippen LogP contribution in [0.2, 0.25) is 0 Å². The van der Waals surface area contributed by atoms with Crippen LogP contribution in [0.25, 0.3) is 0 Å². The van der Waals surface area contributed by atoms with E-state index in [9.17, 15) is 13.2 Å². The third kappa shape index (κ3) is 8.42. The third-order valence-electron chi connectivity index (χ3n) is 2.33. The Hall–Kier alpha value is -0.580. The lowest BCUT2D eigenvalue weighted by Crippen LogP contribution is -2.16. The molecule has 1 N–H and O–H groups in total. The molecule has 0 saturated carbocycles. The zero-order valence-corrected chi connectivity index (χ0v) is 10.2. The minimum atomic E-state index is -2.98. The van der Waals surface area contributed by atoms with Crippen molar-refractivity contribution in [1.29, 1.82) is 0 Å². The van der Waals surface area contributed by atoms with E-state index in [1.54, 1.807) is 0 Å². The lowest BCUT2D eigenvalue weighted by atomic mass is 10.2. The first kappa shape index (κ1) is 14.4. The zero-order valence-electron chi connectivity index (χ0n) is 9.40. The van der Waals surface area contributed by atoms with Crippen LogP contribution in [-0.2, 0) is 14.6 Å². The Kier molecular flexibility index (Phi) is 6.56. The summed E-state index contributed by atoms with van der Waals surface area (Å²) in [6, 6.07) is 0. The van der Waals surface area contributed by atoms with Gasteiger partial charge in [0.25, 0.3) is 0 Å². The van der Waals surface area contributed by atoms with Crippen LogP contribution < -0.4 is 0 Å². The van der Waals surface area contributed by atoms with Crippen LogP contribution in [0.4, 0.5) is 0 Å². The molecule has 5 heteroatoms. The van der Waals surface area contributed by atoms with E-state index in [-0.39, 0.29) is 23.8 Å². The first-order valence-corrected chi connectivity index (χ1v) is 7.11. The molecule has 1 atom stereocenters. The molecular formula is C10H20O4S. The summed E-state index contributed by atoms with van der Waals surface area (Å²) in [5.74, 6) is -0.343. The third-order valence-corrected chi connectivity index (χ3v) is 4.32. The van der Waals surface area contributed by atoms with Gasteiger partial charge >= 0.3 is 5.97 Å². The van der Waals surface area contributed by atoms with E-state index in [0.29, 0.717) is 12.8 Å². The largest absolute Gasteiger partial charge is 0.481 e. The number of carbonyl (C=O) groups is 1. The molecule has 1 unspecified atom stereocenters. The topological polar surface area (TPSA) is 71.4 Å². The van der Waals surface area contributed by atoms with Crippen LogP contribution in [-0.4, -0.2) is 31.0 Å². The Morgan fingerprint density at radius 3 is 2.40 bits per heavy atom. The molecule has 0 radical (unpaired) electrons. The molecule has 0 aromatic carbocycles. The van der Waals surface area contributed by atoms with E-state index in [1.807, 2.05) is 13.8 Å². The molecule has 0 aromatic heterocycles.